The first-order chi connectivity index (χ1) is 18.9. The number of benzene rings is 3. The molecule has 3 aromatic carbocycles. The zero-order chi connectivity index (χ0) is 27.4. The average molecular weight is 523 g/mol. The highest BCUT2D eigenvalue weighted by molar-refractivity contribution is 6.32. The van der Waals surface area contributed by atoms with Crippen LogP contribution >= 0.6 is 0 Å². The molecule has 1 fully saturated rings. The second-order valence-corrected chi connectivity index (χ2v) is 10.9. The molecule has 2 heterocycles. The van der Waals surface area contributed by atoms with E-state index in [1.54, 1.807) is 6.07 Å². The highest BCUT2D eigenvalue weighted by Gasteiger charge is 2.30. The number of anilines is 2. The molecule has 0 spiro atoms. The van der Waals surface area contributed by atoms with Gasteiger partial charge in [0.1, 0.15) is 0 Å². The Morgan fingerprint density at radius 2 is 1.64 bits per heavy atom. The molecule has 0 saturated carbocycles. The summed E-state index contributed by atoms with van der Waals surface area (Å²) in [5.74, 6) is -0.255. The van der Waals surface area contributed by atoms with Crippen LogP contribution in [0.3, 0.4) is 0 Å². The normalized spacial score (nSPS) is 17.4. The molecule has 0 unspecified atom stereocenters. The first-order valence-electron chi connectivity index (χ1n) is 14.0. The van der Waals surface area contributed by atoms with Gasteiger partial charge in [-0.2, -0.15) is 0 Å². The van der Waals surface area contributed by atoms with Crippen molar-refractivity contribution in [3.05, 3.63) is 101 Å². The summed E-state index contributed by atoms with van der Waals surface area (Å²) < 4.78 is 0. The predicted molar refractivity (Wildman–Crippen MR) is 158 cm³/mol. The second kappa shape index (κ2) is 11.9. The number of likely N-dealkylation sites (tertiary alicyclic amines) is 1. The summed E-state index contributed by atoms with van der Waals surface area (Å²) in [6, 6.07) is 23.7. The molecule has 1 atom stereocenters. The zero-order valence-electron chi connectivity index (χ0n) is 23.1. The molecule has 3 aromatic rings. The van der Waals surface area contributed by atoms with Gasteiger partial charge in [0, 0.05) is 34.7 Å². The Morgan fingerprint density at radius 3 is 2.33 bits per heavy atom. The minimum absolute atomic E-state index is 0.0697. The van der Waals surface area contributed by atoms with Crippen LogP contribution in [0.4, 0.5) is 11.4 Å². The highest BCUT2D eigenvalue weighted by atomic mass is 16.2. The average Bonchev–Trinajstić information content (AvgIpc) is 3.28. The number of carbonyl (C=O) groups excluding carboxylic acids is 2. The van der Waals surface area contributed by atoms with Crippen LogP contribution in [0.2, 0.25) is 0 Å². The molecule has 2 aliphatic heterocycles. The number of hydrogen-bond acceptors (Lipinski definition) is 4. The van der Waals surface area contributed by atoms with Crippen molar-refractivity contribution in [1.29, 1.82) is 0 Å². The number of piperidine rings is 1. The number of amides is 2. The summed E-state index contributed by atoms with van der Waals surface area (Å²) in [5.41, 5.74) is 6.70. The summed E-state index contributed by atoms with van der Waals surface area (Å²) in [6.45, 7) is 9.43. The van der Waals surface area contributed by atoms with E-state index in [0.717, 1.165) is 34.7 Å². The Kier molecular flexibility index (Phi) is 8.13. The number of hydrogen-bond donors (Lipinski definition) is 3. The second-order valence-electron chi connectivity index (χ2n) is 10.9. The molecule has 202 valence electrons. The smallest absolute Gasteiger partial charge is 0.258 e. The van der Waals surface area contributed by atoms with E-state index < -0.39 is 0 Å². The topological polar surface area (TPSA) is 73.5 Å². The Bertz CT molecular complexity index is 1360. The molecule has 2 amide bonds. The van der Waals surface area contributed by atoms with Crippen LogP contribution in [0.5, 0.6) is 0 Å². The molecule has 0 radical (unpaired) electrons. The lowest BCUT2D eigenvalue weighted by Gasteiger charge is -2.26. The quantitative estimate of drug-likeness (QED) is 0.292. The summed E-state index contributed by atoms with van der Waals surface area (Å²) in [4.78, 5) is 28.8. The fraction of sp³-hybridized carbons (Fsp3) is 0.333. The van der Waals surface area contributed by atoms with E-state index in [2.05, 4.69) is 59.0 Å². The van der Waals surface area contributed by atoms with Gasteiger partial charge < -0.3 is 16.0 Å². The molecule has 0 bridgehead atoms. The Labute approximate surface area is 231 Å². The van der Waals surface area contributed by atoms with Crippen LogP contribution in [-0.4, -0.2) is 29.8 Å². The van der Waals surface area contributed by atoms with Crippen LogP contribution in [0.15, 0.2) is 78.5 Å². The molecule has 2 aliphatic rings. The van der Waals surface area contributed by atoms with Crippen LogP contribution in [0.1, 0.15) is 73.1 Å². The largest absolute Gasteiger partial charge is 0.358 e. The van der Waals surface area contributed by atoms with E-state index in [1.807, 2.05) is 49.4 Å². The first-order valence-corrected chi connectivity index (χ1v) is 14.0. The maximum atomic E-state index is 13.2. The van der Waals surface area contributed by atoms with E-state index in [-0.39, 0.29) is 23.8 Å². The van der Waals surface area contributed by atoms with Crippen molar-refractivity contribution in [3.8, 4) is 0 Å². The van der Waals surface area contributed by atoms with Crippen LogP contribution in [0.25, 0.3) is 5.57 Å². The SMILES string of the molecule is CC(C)/C(Nc1ccc(CN2CCCCC2)cc1)=C1/C(=O)Nc2ccc(C(=O)N[C@H](C)c3ccccc3)cc21. The molecule has 6 heteroatoms. The zero-order valence-corrected chi connectivity index (χ0v) is 23.1. The maximum Gasteiger partial charge on any atom is 0.258 e. The number of rotatable bonds is 8. The van der Waals surface area contributed by atoms with Crippen LogP contribution < -0.4 is 16.0 Å². The summed E-state index contributed by atoms with van der Waals surface area (Å²) in [5, 5.41) is 9.59. The van der Waals surface area contributed by atoms with Gasteiger partial charge in [-0.15, -0.1) is 0 Å². The van der Waals surface area contributed by atoms with Gasteiger partial charge >= 0.3 is 0 Å². The summed E-state index contributed by atoms with van der Waals surface area (Å²) in [7, 11) is 0. The molecule has 39 heavy (non-hydrogen) atoms. The van der Waals surface area contributed by atoms with Crippen molar-refractivity contribution in [2.75, 3.05) is 23.7 Å². The highest BCUT2D eigenvalue weighted by Crippen LogP contribution is 2.37. The van der Waals surface area contributed by atoms with Gasteiger partial charge in [0.05, 0.1) is 11.6 Å². The molecule has 6 nitrogen and oxygen atoms in total. The lowest BCUT2D eigenvalue weighted by Crippen LogP contribution is -2.29. The number of fused-ring (bicyclic) bond motifs is 1. The monoisotopic (exact) mass is 522 g/mol. The number of allylic oxidation sites excluding steroid dienone is 1. The van der Waals surface area contributed by atoms with Crippen molar-refractivity contribution in [3.63, 3.8) is 0 Å². The third kappa shape index (κ3) is 6.23. The molecule has 5 rings (SSSR count). The third-order valence-corrected chi connectivity index (χ3v) is 7.61. The van der Waals surface area contributed by atoms with E-state index in [4.69, 9.17) is 0 Å². The standard InChI is InChI=1S/C33H38N4O2/c1-22(2)31(35-27-15-12-24(13-16-27)21-37-18-8-5-9-19-37)30-28-20-26(14-17-29(28)36-33(30)39)32(38)34-23(3)25-10-6-4-7-11-25/h4,6-7,10-17,20,22-23,35H,5,8-9,18-19,21H2,1-3H3,(H,34,38)(H,36,39)/b31-30-/t23-/m1/s1. The van der Waals surface area contributed by atoms with Gasteiger partial charge in [-0.25, -0.2) is 0 Å². The Balaban J connectivity index is 1.37. The van der Waals surface area contributed by atoms with Crippen molar-refractivity contribution < 1.29 is 9.59 Å². The van der Waals surface area contributed by atoms with E-state index in [1.165, 1.54) is 37.9 Å². The van der Waals surface area contributed by atoms with Crippen molar-refractivity contribution in [2.45, 2.75) is 52.6 Å². The van der Waals surface area contributed by atoms with E-state index >= 15 is 0 Å². The predicted octanol–water partition coefficient (Wildman–Crippen LogP) is 6.59. The van der Waals surface area contributed by atoms with E-state index in [9.17, 15) is 9.59 Å². The van der Waals surface area contributed by atoms with Gasteiger partial charge in [0.25, 0.3) is 11.8 Å². The van der Waals surface area contributed by atoms with Crippen molar-refractivity contribution in [1.82, 2.24) is 10.2 Å². The fourth-order valence-corrected chi connectivity index (χ4v) is 5.40. The van der Waals surface area contributed by atoms with Crippen LogP contribution in [-0.2, 0) is 11.3 Å². The van der Waals surface area contributed by atoms with Gasteiger partial charge in [0.15, 0.2) is 0 Å². The lowest BCUT2D eigenvalue weighted by atomic mass is 9.96. The Hall–Kier alpha value is -3.90. The number of carbonyl (C=O) groups is 2. The van der Waals surface area contributed by atoms with Gasteiger partial charge in [-0.05, 0) is 80.2 Å². The Morgan fingerprint density at radius 1 is 0.923 bits per heavy atom. The summed E-state index contributed by atoms with van der Waals surface area (Å²) >= 11 is 0. The van der Waals surface area contributed by atoms with Gasteiger partial charge in [0.2, 0.25) is 0 Å². The number of nitrogens with zero attached hydrogens (tertiary/aromatic N) is 1. The van der Waals surface area contributed by atoms with Crippen LogP contribution in [0, 0.1) is 5.92 Å². The third-order valence-electron chi connectivity index (χ3n) is 7.61. The molecular weight excluding hydrogens is 484 g/mol. The van der Waals surface area contributed by atoms with Crippen molar-refractivity contribution >= 4 is 28.8 Å². The minimum Gasteiger partial charge on any atom is -0.358 e. The molecule has 0 aromatic heterocycles. The van der Waals surface area contributed by atoms with Gasteiger partial charge in [-0.1, -0.05) is 62.7 Å². The first kappa shape index (κ1) is 26.7. The minimum atomic E-state index is -0.170. The number of nitrogens with one attached hydrogen (secondary N) is 3. The maximum absolute atomic E-state index is 13.2. The molecule has 3 N–H and O–H groups in total. The molecule has 1 saturated heterocycles. The van der Waals surface area contributed by atoms with E-state index in [0.29, 0.717) is 11.1 Å². The fourth-order valence-electron chi connectivity index (χ4n) is 5.40. The molecular formula is C33H38N4O2. The van der Waals surface area contributed by atoms with Gasteiger partial charge in [-0.3, -0.25) is 14.5 Å². The lowest BCUT2D eigenvalue weighted by molar-refractivity contribution is -0.110. The van der Waals surface area contributed by atoms with Crippen molar-refractivity contribution in [2.24, 2.45) is 5.92 Å². The molecule has 0 aliphatic carbocycles. The summed E-state index contributed by atoms with van der Waals surface area (Å²) in [6.07, 6.45) is 3.90.